The van der Waals surface area contributed by atoms with E-state index >= 15 is 0 Å². The van der Waals surface area contributed by atoms with Gasteiger partial charge in [-0.2, -0.15) is 13.2 Å². The van der Waals surface area contributed by atoms with Crippen molar-refractivity contribution in [1.82, 2.24) is 15.3 Å². The Bertz CT molecular complexity index is 1400. The zero-order valence-corrected chi connectivity index (χ0v) is 23.3. The quantitative estimate of drug-likeness (QED) is 0.293. The number of methoxy groups -OCH3 is 1. The van der Waals surface area contributed by atoms with Gasteiger partial charge < -0.3 is 19.5 Å². The first-order valence-electron chi connectivity index (χ1n) is 13.3. The van der Waals surface area contributed by atoms with Crippen LogP contribution in [0, 0.1) is 0 Å². The van der Waals surface area contributed by atoms with E-state index in [4.69, 9.17) is 14.2 Å². The molecule has 11 heteroatoms. The number of hydrogen-bond donors (Lipinski definition) is 1. The maximum absolute atomic E-state index is 13.1. The second-order valence-electron chi connectivity index (χ2n) is 10.2. The fourth-order valence-electron chi connectivity index (χ4n) is 4.19. The molecule has 8 nitrogen and oxygen atoms in total. The lowest BCUT2D eigenvalue weighted by Gasteiger charge is -2.24. The number of hydrogen-bond acceptors (Lipinski definition) is 7. The van der Waals surface area contributed by atoms with Crippen LogP contribution in [0.15, 0.2) is 48.7 Å². The van der Waals surface area contributed by atoms with E-state index in [0.717, 1.165) is 30.5 Å². The SMILES string of the molecule is CCOC(=O)C(C)(C)Oc1cc(CCNC(=O)c2cnc(-c3ccc(C(F)(F)F)cc3)nc2C2CC2)cc(OC)c1. The van der Waals surface area contributed by atoms with E-state index in [2.05, 4.69) is 15.3 Å². The van der Waals surface area contributed by atoms with E-state index in [0.29, 0.717) is 34.7 Å². The summed E-state index contributed by atoms with van der Waals surface area (Å²) in [6, 6.07) is 9.89. The molecule has 0 radical (unpaired) electrons. The van der Waals surface area contributed by atoms with Crippen LogP contribution in [0.25, 0.3) is 11.4 Å². The van der Waals surface area contributed by atoms with Crippen molar-refractivity contribution in [2.24, 2.45) is 0 Å². The number of esters is 1. The van der Waals surface area contributed by atoms with Crippen LogP contribution >= 0.6 is 0 Å². The van der Waals surface area contributed by atoms with Gasteiger partial charge in [-0.1, -0.05) is 12.1 Å². The highest BCUT2D eigenvalue weighted by Gasteiger charge is 2.33. The molecule has 1 saturated carbocycles. The van der Waals surface area contributed by atoms with Crippen molar-refractivity contribution < 1.29 is 37.0 Å². The molecule has 2 aromatic carbocycles. The summed E-state index contributed by atoms with van der Waals surface area (Å²) in [4.78, 5) is 34.2. The summed E-state index contributed by atoms with van der Waals surface area (Å²) in [5.74, 6) is 0.502. The molecule has 4 rings (SSSR count). The van der Waals surface area contributed by atoms with Crippen LogP contribution in [0.2, 0.25) is 0 Å². The van der Waals surface area contributed by atoms with E-state index < -0.39 is 23.3 Å². The number of rotatable bonds is 11. The Morgan fingerprint density at radius 2 is 1.73 bits per heavy atom. The summed E-state index contributed by atoms with van der Waals surface area (Å²) in [6.45, 7) is 5.48. The fraction of sp³-hybridized carbons (Fsp3) is 0.400. The molecule has 1 aliphatic carbocycles. The van der Waals surface area contributed by atoms with Gasteiger partial charge in [0.1, 0.15) is 11.5 Å². The molecular weight excluding hydrogens is 539 g/mol. The van der Waals surface area contributed by atoms with Crippen LogP contribution in [0.4, 0.5) is 13.2 Å². The second-order valence-corrected chi connectivity index (χ2v) is 10.2. The standard InChI is InChI=1S/C30H32F3N3O5/c1-5-40-28(38)29(2,3)41-23-15-18(14-22(16-23)39-4)12-13-34-27(37)24-17-35-26(36-25(24)19-6-7-19)20-8-10-21(11-9-20)30(31,32)33/h8-11,14-17,19H,5-7,12-13H2,1-4H3,(H,34,37). The molecular formula is C30H32F3N3O5. The number of benzene rings is 2. The van der Waals surface area contributed by atoms with Gasteiger partial charge in [0.15, 0.2) is 11.4 Å². The third kappa shape index (κ3) is 7.53. The van der Waals surface area contributed by atoms with Crippen LogP contribution in [0.3, 0.4) is 0 Å². The number of alkyl halides is 3. The van der Waals surface area contributed by atoms with Crippen LogP contribution < -0.4 is 14.8 Å². The number of halogens is 3. The Morgan fingerprint density at radius 3 is 2.34 bits per heavy atom. The summed E-state index contributed by atoms with van der Waals surface area (Å²) >= 11 is 0. The molecule has 218 valence electrons. The molecule has 0 bridgehead atoms. The zero-order chi connectivity index (χ0) is 29.8. The maximum atomic E-state index is 13.1. The lowest BCUT2D eigenvalue weighted by atomic mass is 10.1. The van der Waals surface area contributed by atoms with Gasteiger partial charge in [0.05, 0.1) is 30.5 Å². The molecule has 0 atom stereocenters. The van der Waals surface area contributed by atoms with Gasteiger partial charge in [0.2, 0.25) is 0 Å². The fourth-order valence-corrected chi connectivity index (χ4v) is 4.19. The Hall–Kier alpha value is -4.15. The number of aromatic nitrogens is 2. The van der Waals surface area contributed by atoms with Crippen LogP contribution in [0.5, 0.6) is 11.5 Å². The lowest BCUT2D eigenvalue weighted by Crippen LogP contribution is -2.39. The second kappa shape index (κ2) is 12.2. The normalized spacial score (nSPS) is 13.4. The third-order valence-corrected chi connectivity index (χ3v) is 6.51. The predicted octanol–water partition coefficient (Wildman–Crippen LogP) is 5.74. The number of nitrogens with one attached hydrogen (secondary N) is 1. The highest BCUT2D eigenvalue weighted by atomic mass is 19.4. The molecule has 41 heavy (non-hydrogen) atoms. The monoisotopic (exact) mass is 571 g/mol. The van der Waals surface area contributed by atoms with Crippen molar-refractivity contribution >= 4 is 11.9 Å². The maximum Gasteiger partial charge on any atom is 0.416 e. The average Bonchev–Trinajstić information content (AvgIpc) is 3.78. The molecule has 0 spiro atoms. The first-order chi connectivity index (χ1) is 19.4. The molecule has 1 aromatic heterocycles. The van der Waals surface area contributed by atoms with Gasteiger partial charge in [-0.15, -0.1) is 0 Å². The minimum Gasteiger partial charge on any atom is -0.497 e. The molecule has 1 amide bonds. The molecule has 1 fully saturated rings. The van der Waals surface area contributed by atoms with Gasteiger partial charge >= 0.3 is 12.1 Å². The van der Waals surface area contributed by atoms with E-state index in [1.54, 1.807) is 32.9 Å². The molecule has 0 saturated heterocycles. The average molecular weight is 572 g/mol. The van der Waals surface area contributed by atoms with Crippen molar-refractivity contribution in [3.05, 3.63) is 71.0 Å². The smallest absolute Gasteiger partial charge is 0.416 e. The Morgan fingerprint density at radius 1 is 1.05 bits per heavy atom. The number of amides is 1. The number of carbonyl (C=O) groups is 2. The summed E-state index contributed by atoms with van der Waals surface area (Å²) in [5, 5.41) is 2.89. The first kappa shape index (κ1) is 29.8. The van der Waals surface area contributed by atoms with Gasteiger partial charge in [0, 0.05) is 30.3 Å². The summed E-state index contributed by atoms with van der Waals surface area (Å²) in [5.41, 5.74) is 0.223. The van der Waals surface area contributed by atoms with Crippen molar-refractivity contribution in [2.45, 2.75) is 57.7 Å². The van der Waals surface area contributed by atoms with Gasteiger partial charge in [-0.25, -0.2) is 14.8 Å². The Labute approximate surface area is 236 Å². The predicted molar refractivity (Wildman–Crippen MR) is 145 cm³/mol. The van der Waals surface area contributed by atoms with Crippen molar-refractivity contribution in [2.75, 3.05) is 20.3 Å². The van der Waals surface area contributed by atoms with E-state index in [1.807, 2.05) is 6.07 Å². The molecule has 1 N–H and O–H groups in total. The van der Waals surface area contributed by atoms with Gasteiger partial charge in [-0.3, -0.25) is 4.79 Å². The molecule has 0 aliphatic heterocycles. The third-order valence-electron chi connectivity index (χ3n) is 6.51. The minimum atomic E-state index is -4.43. The molecule has 0 unspecified atom stereocenters. The molecule has 3 aromatic rings. The van der Waals surface area contributed by atoms with Gasteiger partial charge in [-0.05, 0) is 69.9 Å². The highest BCUT2D eigenvalue weighted by molar-refractivity contribution is 5.95. The van der Waals surface area contributed by atoms with Crippen LogP contribution in [-0.2, 0) is 22.1 Å². The van der Waals surface area contributed by atoms with Crippen LogP contribution in [0.1, 0.15) is 66.7 Å². The Balaban J connectivity index is 1.44. The summed E-state index contributed by atoms with van der Waals surface area (Å²) < 4.78 is 55.1. The number of ether oxygens (including phenoxy) is 3. The minimum absolute atomic E-state index is 0.104. The number of nitrogens with zero attached hydrogens (tertiary/aromatic N) is 2. The number of carbonyl (C=O) groups excluding carboxylic acids is 2. The van der Waals surface area contributed by atoms with Crippen molar-refractivity contribution in [3.8, 4) is 22.9 Å². The van der Waals surface area contributed by atoms with E-state index in [9.17, 15) is 22.8 Å². The summed E-state index contributed by atoms with van der Waals surface area (Å²) in [7, 11) is 1.52. The van der Waals surface area contributed by atoms with E-state index in [-0.39, 0.29) is 30.8 Å². The highest BCUT2D eigenvalue weighted by Crippen LogP contribution is 2.41. The topological polar surface area (TPSA) is 99.6 Å². The van der Waals surface area contributed by atoms with Crippen molar-refractivity contribution in [1.29, 1.82) is 0 Å². The molecule has 1 heterocycles. The Kier molecular flexibility index (Phi) is 8.84. The zero-order valence-electron chi connectivity index (χ0n) is 23.3. The van der Waals surface area contributed by atoms with Crippen LogP contribution in [-0.4, -0.2) is 47.7 Å². The molecule has 1 aliphatic rings. The van der Waals surface area contributed by atoms with Gasteiger partial charge in [0.25, 0.3) is 5.91 Å². The van der Waals surface area contributed by atoms with E-state index in [1.165, 1.54) is 25.4 Å². The summed E-state index contributed by atoms with van der Waals surface area (Å²) in [6.07, 6.45) is -0.809. The van der Waals surface area contributed by atoms with Crippen molar-refractivity contribution in [3.63, 3.8) is 0 Å². The lowest BCUT2D eigenvalue weighted by molar-refractivity contribution is -0.158. The largest absolute Gasteiger partial charge is 0.497 e. The first-order valence-corrected chi connectivity index (χ1v) is 13.3.